The molecule has 0 aliphatic heterocycles. The molecule has 14 heavy (non-hydrogen) atoms. The third-order valence-electron chi connectivity index (χ3n) is 2.32. The van der Waals surface area contributed by atoms with Gasteiger partial charge in [0.1, 0.15) is 0 Å². The molecular weight excluding hydrogens is 174 g/mol. The van der Waals surface area contributed by atoms with Gasteiger partial charge in [-0.3, -0.25) is 4.98 Å². The second-order valence-electron chi connectivity index (χ2n) is 4.05. The SMILES string of the molecule is CCc1cccnc1C(O)CC(C)C. The van der Waals surface area contributed by atoms with E-state index in [4.69, 9.17) is 0 Å². The van der Waals surface area contributed by atoms with E-state index in [-0.39, 0.29) is 0 Å². The Labute approximate surface area is 86.0 Å². The van der Waals surface area contributed by atoms with Gasteiger partial charge in [-0.25, -0.2) is 0 Å². The molecule has 0 bridgehead atoms. The van der Waals surface area contributed by atoms with Crippen LogP contribution in [0, 0.1) is 5.92 Å². The van der Waals surface area contributed by atoms with Crippen molar-refractivity contribution in [2.24, 2.45) is 5.92 Å². The molecule has 0 aliphatic rings. The molecule has 1 heterocycles. The normalized spacial score (nSPS) is 13.2. The van der Waals surface area contributed by atoms with Crippen LogP contribution in [0.15, 0.2) is 18.3 Å². The Hall–Kier alpha value is -0.890. The monoisotopic (exact) mass is 193 g/mol. The first kappa shape index (κ1) is 11.2. The maximum Gasteiger partial charge on any atom is 0.0965 e. The van der Waals surface area contributed by atoms with Crippen molar-refractivity contribution in [3.8, 4) is 0 Å². The van der Waals surface area contributed by atoms with E-state index in [0.717, 1.165) is 24.1 Å². The predicted molar refractivity (Wildman–Crippen MR) is 58.0 cm³/mol. The average Bonchev–Trinajstić information content (AvgIpc) is 2.16. The van der Waals surface area contributed by atoms with Crippen LogP contribution in [0.5, 0.6) is 0 Å². The smallest absolute Gasteiger partial charge is 0.0965 e. The molecule has 2 heteroatoms. The third-order valence-corrected chi connectivity index (χ3v) is 2.32. The standard InChI is InChI=1S/C12H19NO/c1-4-10-6-5-7-13-12(10)11(14)8-9(2)3/h5-7,9,11,14H,4,8H2,1-3H3. The van der Waals surface area contributed by atoms with Crippen LogP contribution in [-0.4, -0.2) is 10.1 Å². The Morgan fingerprint density at radius 2 is 2.14 bits per heavy atom. The van der Waals surface area contributed by atoms with Crippen molar-refractivity contribution >= 4 is 0 Å². The van der Waals surface area contributed by atoms with Crippen molar-refractivity contribution in [2.45, 2.75) is 39.7 Å². The number of rotatable bonds is 4. The Morgan fingerprint density at radius 1 is 1.43 bits per heavy atom. The topological polar surface area (TPSA) is 33.1 Å². The highest BCUT2D eigenvalue weighted by Crippen LogP contribution is 2.22. The van der Waals surface area contributed by atoms with Crippen molar-refractivity contribution < 1.29 is 5.11 Å². The second-order valence-corrected chi connectivity index (χ2v) is 4.05. The van der Waals surface area contributed by atoms with Gasteiger partial charge in [-0.1, -0.05) is 26.8 Å². The minimum atomic E-state index is -0.411. The van der Waals surface area contributed by atoms with Crippen LogP contribution in [0.2, 0.25) is 0 Å². The Kier molecular flexibility index (Phi) is 4.08. The summed E-state index contributed by atoms with van der Waals surface area (Å²) in [6, 6.07) is 3.95. The predicted octanol–water partition coefficient (Wildman–Crippen LogP) is 2.72. The highest BCUT2D eigenvalue weighted by atomic mass is 16.3. The van der Waals surface area contributed by atoms with Gasteiger partial charge in [0, 0.05) is 6.20 Å². The van der Waals surface area contributed by atoms with Crippen molar-refractivity contribution in [3.05, 3.63) is 29.6 Å². The maximum atomic E-state index is 9.94. The fraction of sp³-hybridized carbons (Fsp3) is 0.583. The Balaban J connectivity index is 2.82. The van der Waals surface area contributed by atoms with Gasteiger partial charge in [-0.05, 0) is 30.4 Å². The van der Waals surface area contributed by atoms with Crippen LogP contribution in [0.4, 0.5) is 0 Å². The number of aromatic nitrogens is 1. The zero-order valence-electron chi connectivity index (χ0n) is 9.20. The van der Waals surface area contributed by atoms with E-state index in [1.54, 1.807) is 6.20 Å². The van der Waals surface area contributed by atoms with Gasteiger partial charge < -0.3 is 5.11 Å². The number of nitrogens with zero attached hydrogens (tertiary/aromatic N) is 1. The summed E-state index contributed by atoms with van der Waals surface area (Å²) >= 11 is 0. The first-order chi connectivity index (χ1) is 6.65. The first-order valence-electron chi connectivity index (χ1n) is 5.27. The lowest BCUT2D eigenvalue weighted by Crippen LogP contribution is -2.07. The quantitative estimate of drug-likeness (QED) is 0.797. The molecule has 0 spiro atoms. The highest BCUT2D eigenvalue weighted by Gasteiger charge is 2.13. The van der Waals surface area contributed by atoms with Gasteiger partial charge in [-0.15, -0.1) is 0 Å². The van der Waals surface area contributed by atoms with Crippen LogP contribution in [0.1, 0.15) is 44.6 Å². The molecule has 1 aromatic rings. The number of aliphatic hydroxyl groups is 1. The number of aliphatic hydroxyl groups excluding tert-OH is 1. The van der Waals surface area contributed by atoms with Crippen LogP contribution < -0.4 is 0 Å². The average molecular weight is 193 g/mol. The van der Waals surface area contributed by atoms with Gasteiger partial charge in [0.15, 0.2) is 0 Å². The van der Waals surface area contributed by atoms with E-state index in [2.05, 4.69) is 25.8 Å². The van der Waals surface area contributed by atoms with Crippen molar-refractivity contribution in [3.63, 3.8) is 0 Å². The maximum absolute atomic E-state index is 9.94. The molecule has 0 amide bonds. The Morgan fingerprint density at radius 3 is 2.71 bits per heavy atom. The molecule has 2 nitrogen and oxygen atoms in total. The van der Waals surface area contributed by atoms with Gasteiger partial charge in [0.25, 0.3) is 0 Å². The molecule has 1 aromatic heterocycles. The van der Waals surface area contributed by atoms with E-state index in [0.29, 0.717) is 5.92 Å². The van der Waals surface area contributed by atoms with Crippen LogP contribution in [-0.2, 0) is 6.42 Å². The second kappa shape index (κ2) is 5.11. The lowest BCUT2D eigenvalue weighted by atomic mass is 9.99. The number of aryl methyl sites for hydroxylation is 1. The van der Waals surface area contributed by atoms with Gasteiger partial charge in [-0.2, -0.15) is 0 Å². The van der Waals surface area contributed by atoms with E-state index in [9.17, 15) is 5.11 Å². The molecule has 1 N–H and O–H groups in total. The first-order valence-corrected chi connectivity index (χ1v) is 5.27. The summed E-state index contributed by atoms with van der Waals surface area (Å²) in [7, 11) is 0. The summed E-state index contributed by atoms with van der Waals surface area (Å²) in [6.45, 7) is 6.30. The molecule has 1 unspecified atom stereocenters. The molecule has 1 atom stereocenters. The van der Waals surface area contributed by atoms with Gasteiger partial charge in [0.05, 0.1) is 11.8 Å². The molecule has 0 saturated heterocycles. The Bertz CT molecular complexity index is 283. The molecule has 0 aromatic carbocycles. The van der Waals surface area contributed by atoms with Crippen molar-refractivity contribution in [1.29, 1.82) is 0 Å². The summed E-state index contributed by atoms with van der Waals surface area (Å²) in [5.74, 6) is 0.497. The van der Waals surface area contributed by atoms with Crippen molar-refractivity contribution in [1.82, 2.24) is 4.98 Å². The van der Waals surface area contributed by atoms with Crippen molar-refractivity contribution in [2.75, 3.05) is 0 Å². The lowest BCUT2D eigenvalue weighted by molar-refractivity contribution is 0.145. The minimum Gasteiger partial charge on any atom is -0.387 e. The number of hydrogen-bond donors (Lipinski definition) is 1. The number of pyridine rings is 1. The molecule has 78 valence electrons. The highest BCUT2D eigenvalue weighted by molar-refractivity contribution is 5.21. The van der Waals surface area contributed by atoms with Crippen LogP contribution >= 0.6 is 0 Å². The summed E-state index contributed by atoms with van der Waals surface area (Å²) in [6.07, 6.45) is 3.05. The van der Waals surface area contributed by atoms with E-state index < -0.39 is 6.10 Å². The van der Waals surface area contributed by atoms with Crippen LogP contribution in [0.25, 0.3) is 0 Å². The molecule has 0 fully saturated rings. The third kappa shape index (κ3) is 2.81. The summed E-state index contributed by atoms with van der Waals surface area (Å²) < 4.78 is 0. The van der Waals surface area contributed by atoms with Gasteiger partial charge >= 0.3 is 0 Å². The van der Waals surface area contributed by atoms with E-state index >= 15 is 0 Å². The van der Waals surface area contributed by atoms with E-state index in [1.807, 2.05) is 12.1 Å². The largest absolute Gasteiger partial charge is 0.387 e. The molecule has 0 aliphatic carbocycles. The van der Waals surface area contributed by atoms with Gasteiger partial charge in [0.2, 0.25) is 0 Å². The molecule has 1 rings (SSSR count). The fourth-order valence-electron chi connectivity index (χ4n) is 1.61. The summed E-state index contributed by atoms with van der Waals surface area (Å²) in [5, 5.41) is 9.94. The molecule has 0 saturated carbocycles. The minimum absolute atomic E-state index is 0.411. The fourth-order valence-corrected chi connectivity index (χ4v) is 1.61. The van der Waals surface area contributed by atoms with E-state index in [1.165, 1.54) is 0 Å². The summed E-state index contributed by atoms with van der Waals surface area (Å²) in [5.41, 5.74) is 2.00. The summed E-state index contributed by atoms with van der Waals surface area (Å²) in [4.78, 5) is 4.25. The molecule has 0 radical (unpaired) electrons. The van der Waals surface area contributed by atoms with Crippen LogP contribution in [0.3, 0.4) is 0 Å². The number of hydrogen-bond acceptors (Lipinski definition) is 2. The lowest BCUT2D eigenvalue weighted by Gasteiger charge is -2.15. The zero-order chi connectivity index (χ0) is 10.6. The molecular formula is C12H19NO. The zero-order valence-corrected chi connectivity index (χ0v) is 9.20.